The number of methoxy groups -OCH3 is 1. The van der Waals surface area contributed by atoms with Gasteiger partial charge in [0.05, 0.1) is 7.11 Å². The van der Waals surface area contributed by atoms with E-state index < -0.39 is 0 Å². The number of ether oxygens (including phenoxy) is 1. The SMILES string of the molecule is COc1ccc(NC(=O)C2CC2)cc1O. The lowest BCUT2D eigenvalue weighted by Crippen LogP contribution is -2.13. The first-order valence-electron chi connectivity index (χ1n) is 4.88. The van der Waals surface area contributed by atoms with E-state index in [9.17, 15) is 9.90 Å². The molecule has 1 aliphatic carbocycles. The molecule has 1 fully saturated rings. The van der Waals surface area contributed by atoms with Crippen LogP contribution in [0.25, 0.3) is 0 Å². The minimum Gasteiger partial charge on any atom is -0.504 e. The standard InChI is InChI=1S/C11H13NO3/c1-15-10-5-4-8(6-9(10)13)12-11(14)7-2-3-7/h4-7,13H,2-3H2,1H3,(H,12,14). The van der Waals surface area contributed by atoms with Gasteiger partial charge in [0.1, 0.15) is 0 Å². The maximum Gasteiger partial charge on any atom is 0.227 e. The predicted molar refractivity (Wildman–Crippen MR) is 56.0 cm³/mol. The van der Waals surface area contributed by atoms with E-state index in [0.717, 1.165) is 12.8 Å². The summed E-state index contributed by atoms with van der Waals surface area (Å²) in [6.45, 7) is 0. The van der Waals surface area contributed by atoms with E-state index in [-0.39, 0.29) is 17.6 Å². The summed E-state index contributed by atoms with van der Waals surface area (Å²) in [5, 5.41) is 12.2. The Morgan fingerprint density at radius 2 is 2.27 bits per heavy atom. The van der Waals surface area contributed by atoms with Gasteiger partial charge < -0.3 is 15.2 Å². The highest BCUT2D eigenvalue weighted by Gasteiger charge is 2.29. The lowest BCUT2D eigenvalue weighted by molar-refractivity contribution is -0.117. The Bertz CT molecular complexity index is 385. The van der Waals surface area contributed by atoms with Crippen molar-refractivity contribution in [1.82, 2.24) is 0 Å². The average molecular weight is 207 g/mol. The van der Waals surface area contributed by atoms with Gasteiger partial charge >= 0.3 is 0 Å². The van der Waals surface area contributed by atoms with E-state index in [2.05, 4.69) is 5.32 Å². The molecule has 0 heterocycles. The zero-order chi connectivity index (χ0) is 10.8. The van der Waals surface area contributed by atoms with Crippen molar-refractivity contribution < 1.29 is 14.6 Å². The van der Waals surface area contributed by atoms with Crippen LogP contribution in [0, 0.1) is 5.92 Å². The van der Waals surface area contributed by atoms with Crippen LogP contribution < -0.4 is 10.1 Å². The molecule has 0 unspecified atom stereocenters. The van der Waals surface area contributed by atoms with E-state index >= 15 is 0 Å². The third kappa shape index (κ3) is 2.21. The fourth-order valence-corrected chi connectivity index (χ4v) is 1.36. The molecule has 1 aromatic rings. The van der Waals surface area contributed by atoms with E-state index in [1.165, 1.54) is 13.2 Å². The summed E-state index contributed by atoms with van der Waals surface area (Å²) in [7, 11) is 1.48. The van der Waals surface area contributed by atoms with Gasteiger partial charge in [-0.25, -0.2) is 0 Å². The number of nitrogens with one attached hydrogen (secondary N) is 1. The fraction of sp³-hybridized carbons (Fsp3) is 0.364. The quantitative estimate of drug-likeness (QED) is 0.793. The molecule has 1 aromatic carbocycles. The summed E-state index contributed by atoms with van der Waals surface area (Å²) >= 11 is 0. The molecule has 0 saturated heterocycles. The topological polar surface area (TPSA) is 58.6 Å². The molecule has 15 heavy (non-hydrogen) atoms. The van der Waals surface area contributed by atoms with Gasteiger partial charge in [-0.15, -0.1) is 0 Å². The van der Waals surface area contributed by atoms with Gasteiger partial charge in [-0.1, -0.05) is 0 Å². The number of rotatable bonds is 3. The molecule has 2 rings (SSSR count). The molecule has 4 nitrogen and oxygen atoms in total. The molecule has 0 aliphatic heterocycles. The third-order valence-corrected chi connectivity index (χ3v) is 2.39. The van der Waals surface area contributed by atoms with Gasteiger partial charge in [0.15, 0.2) is 11.5 Å². The Kier molecular flexibility index (Phi) is 2.49. The molecule has 1 amide bonds. The number of phenols is 1. The zero-order valence-corrected chi connectivity index (χ0v) is 8.49. The van der Waals surface area contributed by atoms with Crippen LogP contribution in [0.3, 0.4) is 0 Å². The summed E-state index contributed by atoms with van der Waals surface area (Å²) in [4.78, 5) is 11.4. The van der Waals surface area contributed by atoms with E-state index in [1.807, 2.05) is 0 Å². The minimum atomic E-state index is 0.0274. The molecule has 0 radical (unpaired) electrons. The number of anilines is 1. The maximum absolute atomic E-state index is 11.4. The highest BCUT2D eigenvalue weighted by Crippen LogP contribution is 2.32. The van der Waals surface area contributed by atoms with Gasteiger partial charge in [0, 0.05) is 17.7 Å². The lowest BCUT2D eigenvalue weighted by atomic mass is 10.2. The van der Waals surface area contributed by atoms with Gasteiger partial charge in [-0.3, -0.25) is 4.79 Å². The van der Waals surface area contributed by atoms with Gasteiger partial charge in [0.25, 0.3) is 0 Å². The van der Waals surface area contributed by atoms with Crippen LogP contribution in [0.5, 0.6) is 11.5 Å². The molecule has 0 bridgehead atoms. The van der Waals surface area contributed by atoms with Crippen LogP contribution in [-0.2, 0) is 4.79 Å². The van der Waals surface area contributed by atoms with E-state index in [1.54, 1.807) is 12.1 Å². The van der Waals surface area contributed by atoms with Gasteiger partial charge in [0.2, 0.25) is 5.91 Å². The maximum atomic E-state index is 11.4. The Hall–Kier alpha value is -1.71. The number of carbonyl (C=O) groups excluding carboxylic acids is 1. The first kappa shape index (κ1) is 9.83. The number of hydrogen-bond acceptors (Lipinski definition) is 3. The predicted octanol–water partition coefficient (Wildman–Crippen LogP) is 1.75. The summed E-state index contributed by atoms with van der Waals surface area (Å²) < 4.78 is 4.90. The van der Waals surface area contributed by atoms with Crippen molar-refractivity contribution >= 4 is 11.6 Å². The number of phenolic OH excluding ortho intramolecular Hbond substituents is 1. The number of aromatic hydroxyl groups is 1. The molecule has 2 N–H and O–H groups in total. The van der Waals surface area contributed by atoms with Crippen molar-refractivity contribution in [2.75, 3.05) is 12.4 Å². The highest BCUT2D eigenvalue weighted by atomic mass is 16.5. The monoisotopic (exact) mass is 207 g/mol. The lowest BCUT2D eigenvalue weighted by Gasteiger charge is -2.07. The molecule has 0 spiro atoms. The number of benzene rings is 1. The van der Waals surface area contributed by atoms with Crippen LogP contribution in [0.4, 0.5) is 5.69 Å². The molecule has 4 heteroatoms. The number of amides is 1. The Morgan fingerprint density at radius 3 is 2.80 bits per heavy atom. The first-order valence-corrected chi connectivity index (χ1v) is 4.88. The normalized spacial score (nSPS) is 14.7. The van der Waals surface area contributed by atoms with Crippen LogP contribution in [-0.4, -0.2) is 18.1 Å². The summed E-state index contributed by atoms with van der Waals surface area (Å²) in [5.74, 6) is 0.624. The van der Waals surface area contributed by atoms with Crippen molar-refractivity contribution in [2.24, 2.45) is 5.92 Å². The number of carbonyl (C=O) groups is 1. The van der Waals surface area contributed by atoms with Crippen LogP contribution in [0.2, 0.25) is 0 Å². The molecule has 0 atom stereocenters. The van der Waals surface area contributed by atoms with Crippen molar-refractivity contribution in [3.8, 4) is 11.5 Å². The Labute approximate surface area is 87.9 Å². The smallest absolute Gasteiger partial charge is 0.227 e. The zero-order valence-electron chi connectivity index (χ0n) is 8.49. The first-order chi connectivity index (χ1) is 7.20. The summed E-state index contributed by atoms with van der Waals surface area (Å²) in [6, 6.07) is 4.82. The molecule has 0 aromatic heterocycles. The van der Waals surface area contributed by atoms with Crippen LogP contribution in [0.15, 0.2) is 18.2 Å². The summed E-state index contributed by atoms with van der Waals surface area (Å²) in [5.41, 5.74) is 0.602. The highest BCUT2D eigenvalue weighted by molar-refractivity contribution is 5.94. The van der Waals surface area contributed by atoms with E-state index in [0.29, 0.717) is 11.4 Å². The largest absolute Gasteiger partial charge is 0.504 e. The molecular formula is C11H13NO3. The Balaban J connectivity index is 2.08. The van der Waals surface area contributed by atoms with Crippen molar-refractivity contribution in [1.29, 1.82) is 0 Å². The Morgan fingerprint density at radius 1 is 1.53 bits per heavy atom. The minimum absolute atomic E-state index is 0.0274. The summed E-state index contributed by atoms with van der Waals surface area (Å²) in [6.07, 6.45) is 1.93. The number of hydrogen-bond donors (Lipinski definition) is 2. The second-order valence-corrected chi connectivity index (χ2v) is 3.65. The average Bonchev–Trinajstić information content (AvgIpc) is 3.01. The third-order valence-electron chi connectivity index (χ3n) is 2.39. The molecule has 1 aliphatic rings. The van der Waals surface area contributed by atoms with Crippen LogP contribution >= 0.6 is 0 Å². The fourth-order valence-electron chi connectivity index (χ4n) is 1.36. The van der Waals surface area contributed by atoms with E-state index in [4.69, 9.17) is 4.74 Å². The van der Waals surface area contributed by atoms with Crippen molar-refractivity contribution in [3.63, 3.8) is 0 Å². The van der Waals surface area contributed by atoms with Gasteiger partial charge in [-0.2, -0.15) is 0 Å². The molecular weight excluding hydrogens is 194 g/mol. The van der Waals surface area contributed by atoms with Crippen molar-refractivity contribution in [2.45, 2.75) is 12.8 Å². The second kappa shape index (κ2) is 3.81. The molecule has 80 valence electrons. The van der Waals surface area contributed by atoms with Crippen molar-refractivity contribution in [3.05, 3.63) is 18.2 Å². The van der Waals surface area contributed by atoms with Crippen LogP contribution in [0.1, 0.15) is 12.8 Å². The van der Waals surface area contributed by atoms with Gasteiger partial charge in [-0.05, 0) is 25.0 Å². The molecule has 1 saturated carbocycles. The second-order valence-electron chi connectivity index (χ2n) is 3.65.